The van der Waals surface area contributed by atoms with Crippen LogP contribution in [0.5, 0.6) is 5.75 Å². The van der Waals surface area contributed by atoms with E-state index in [1.807, 2.05) is 63.2 Å². The van der Waals surface area contributed by atoms with Gasteiger partial charge in [-0.05, 0) is 57.8 Å². The van der Waals surface area contributed by atoms with Gasteiger partial charge in [0.05, 0.1) is 18.0 Å². The summed E-state index contributed by atoms with van der Waals surface area (Å²) in [6, 6.07) is 9.03. The van der Waals surface area contributed by atoms with Gasteiger partial charge in [-0.1, -0.05) is 6.07 Å². The first-order chi connectivity index (χ1) is 11.9. The summed E-state index contributed by atoms with van der Waals surface area (Å²) in [6.45, 7) is 5.27. The van der Waals surface area contributed by atoms with Crippen LogP contribution in [-0.2, 0) is 0 Å². The summed E-state index contributed by atoms with van der Waals surface area (Å²) in [4.78, 5) is 16.2. The number of aryl methyl sites for hydroxylation is 1. The van der Waals surface area contributed by atoms with E-state index in [1.165, 1.54) is 0 Å². The van der Waals surface area contributed by atoms with E-state index in [-0.39, 0.29) is 12.1 Å². The van der Waals surface area contributed by atoms with Gasteiger partial charge in [-0.2, -0.15) is 0 Å². The minimum atomic E-state index is -0.217. The van der Waals surface area contributed by atoms with Gasteiger partial charge in [-0.3, -0.25) is 0 Å². The Balaban J connectivity index is 2.06. The van der Waals surface area contributed by atoms with Gasteiger partial charge in [0.1, 0.15) is 18.1 Å². The molecule has 136 valence electrons. The van der Waals surface area contributed by atoms with E-state index in [0.29, 0.717) is 18.0 Å². The molecule has 1 aromatic heterocycles. The summed E-state index contributed by atoms with van der Waals surface area (Å²) in [7, 11) is 5.73. The summed E-state index contributed by atoms with van der Waals surface area (Å²) < 4.78 is 11.2. The molecule has 0 aliphatic heterocycles. The number of carbonyl (C=O) groups is 1. The number of hydrogen-bond donors (Lipinski definition) is 1. The molecule has 2 aromatic rings. The van der Waals surface area contributed by atoms with Crippen LogP contribution in [0, 0.1) is 6.92 Å². The van der Waals surface area contributed by atoms with E-state index in [1.54, 1.807) is 18.2 Å². The molecule has 0 bridgehead atoms. The summed E-state index contributed by atoms with van der Waals surface area (Å²) in [5, 5.41) is 2.93. The molecule has 0 aliphatic rings. The first-order valence-electron chi connectivity index (χ1n) is 8.34. The molecule has 6 heteroatoms. The van der Waals surface area contributed by atoms with Crippen LogP contribution in [-0.4, -0.2) is 50.1 Å². The molecule has 0 saturated carbocycles. The van der Waals surface area contributed by atoms with Crippen LogP contribution < -0.4 is 10.1 Å². The quantitative estimate of drug-likeness (QED) is 0.830. The predicted molar refractivity (Wildman–Crippen MR) is 99.1 cm³/mol. The summed E-state index contributed by atoms with van der Waals surface area (Å²) in [6.07, 6.45) is 1.61. The number of anilines is 1. The van der Waals surface area contributed by atoms with Gasteiger partial charge in [0.15, 0.2) is 0 Å². The minimum Gasteiger partial charge on any atom is -0.490 e. The second-order valence-electron chi connectivity index (χ2n) is 6.38. The van der Waals surface area contributed by atoms with E-state index in [9.17, 15) is 4.79 Å². The van der Waals surface area contributed by atoms with Gasteiger partial charge in [0, 0.05) is 13.6 Å². The molecule has 0 saturated heterocycles. The number of ether oxygens (including phenoxy) is 1. The lowest BCUT2D eigenvalue weighted by molar-refractivity contribution is 0.200. The monoisotopic (exact) mass is 345 g/mol. The Labute approximate surface area is 149 Å². The molecule has 1 aromatic carbocycles. The number of amides is 2. The van der Waals surface area contributed by atoms with Crippen molar-refractivity contribution < 1.29 is 13.9 Å². The lowest BCUT2D eigenvalue weighted by atomic mass is 10.2. The fourth-order valence-electron chi connectivity index (χ4n) is 2.29. The normalized spacial score (nSPS) is 12.1. The maximum Gasteiger partial charge on any atom is 0.322 e. The van der Waals surface area contributed by atoms with Crippen LogP contribution in [0.2, 0.25) is 0 Å². The van der Waals surface area contributed by atoms with E-state index in [0.717, 1.165) is 17.9 Å². The van der Waals surface area contributed by atoms with Gasteiger partial charge in [-0.25, -0.2) is 4.79 Å². The highest BCUT2D eigenvalue weighted by Gasteiger charge is 2.20. The third kappa shape index (κ3) is 5.26. The Kier molecular flexibility index (Phi) is 6.47. The van der Waals surface area contributed by atoms with Crippen LogP contribution in [0.1, 0.15) is 24.3 Å². The van der Waals surface area contributed by atoms with Crippen LogP contribution in [0.4, 0.5) is 10.5 Å². The van der Waals surface area contributed by atoms with E-state index in [4.69, 9.17) is 9.15 Å². The molecular weight excluding hydrogens is 318 g/mol. The highest BCUT2D eigenvalue weighted by atomic mass is 16.5. The maximum atomic E-state index is 12.6. The van der Waals surface area contributed by atoms with Crippen LogP contribution in [0.3, 0.4) is 0 Å². The zero-order valence-corrected chi connectivity index (χ0v) is 15.6. The van der Waals surface area contributed by atoms with Crippen LogP contribution in [0.15, 0.2) is 41.0 Å². The number of nitrogens with one attached hydrogen (secondary N) is 1. The third-order valence-corrected chi connectivity index (χ3v) is 4.03. The summed E-state index contributed by atoms with van der Waals surface area (Å²) >= 11 is 0. The van der Waals surface area contributed by atoms with E-state index >= 15 is 0 Å². The zero-order chi connectivity index (χ0) is 18.4. The third-order valence-electron chi connectivity index (χ3n) is 4.03. The van der Waals surface area contributed by atoms with Crippen molar-refractivity contribution in [2.45, 2.75) is 19.9 Å². The average molecular weight is 345 g/mol. The van der Waals surface area contributed by atoms with Crippen molar-refractivity contribution in [1.82, 2.24) is 9.80 Å². The number of carbonyl (C=O) groups excluding carboxylic acids is 1. The fourth-order valence-corrected chi connectivity index (χ4v) is 2.29. The van der Waals surface area contributed by atoms with Gasteiger partial charge >= 0.3 is 6.03 Å². The first kappa shape index (κ1) is 18.9. The number of likely N-dealkylation sites (N-methyl/N-ethyl adjacent to an activating group) is 1. The Bertz CT molecular complexity index is 683. The number of urea groups is 1. The number of rotatable bonds is 7. The van der Waals surface area contributed by atoms with Crippen molar-refractivity contribution >= 4 is 11.7 Å². The molecular formula is C19H27N3O3. The smallest absolute Gasteiger partial charge is 0.322 e. The molecule has 0 radical (unpaired) electrons. The highest BCUT2D eigenvalue weighted by molar-refractivity contribution is 5.91. The topological polar surface area (TPSA) is 58.0 Å². The maximum absolute atomic E-state index is 12.6. The Hall–Kier alpha value is -2.47. The SMILES string of the molecule is Cc1ccc(NC(=O)N(C)[C@@H](C)c2ccco2)c(OCCN(C)C)c1. The Morgan fingerprint density at radius 2 is 2.04 bits per heavy atom. The molecule has 0 unspecified atom stereocenters. The molecule has 0 aliphatic carbocycles. The molecule has 0 spiro atoms. The zero-order valence-electron chi connectivity index (χ0n) is 15.6. The van der Waals surface area contributed by atoms with Crippen molar-refractivity contribution in [1.29, 1.82) is 0 Å². The molecule has 1 N–H and O–H groups in total. The lowest BCUT2D eigenvalue weighted by Gasteiger charge is -2.24. The standard InChI is InChI=1S/C19H27N3O3/c1-14-8-9-16(18(13-14)25-12-10-21(3)4)20-19(23)22(5)15(2)17-7-6-11-24-17/h6-9,11,13,15H,10,12H2,1-5H3,(H,20,23)/t15-/m0/s1. The van der Waals surface area contributed by atoms with Crippen LogP contribution in [0.25, 0.3) is 0 Å². The second kappa shape index (κ2) is 8.58. The summed E-state index contributed by atoms with van der Waals surface area (Å²) in [5.74, 6) is 1.42. The molecule has 6 nitrogen and oxygen atoms in total. The molecule has 2 rings (SSSR count). The van der Waals surface area contributed by atoms with Crippen molar-refractivity contribution in [3.05, 3.63) is 47.9 Å². The first-order valence-corrected chi connectivity index (χ1v) is 8.34. The average Bonchev–Trinajstić information content (AvgIpc) is 3.10. The fraction of sp³-hybridized carbons (Fsp3) is 0.421. The number of furan rings is 1. The Morgan fingerprint density at radius 1 is 1.28 bits per heavy atom. The minimum absolute atomic E-state index is 0.168. The van der Waals surface area contributed by atoms with Crippen molar-refractivity contribution in [3.8, 4) is 5.75 Å². The van der Waals surface area contributed by atoms with E-state index in [2.05, 4.69) is 5.32 Å². The highest BCUT2D eigenvalue weighted by Crippen LogP contribution is 2.27. The predicted octanol–water partition coefficient (Wildman–Crippen LogP) is 3.75. The van der Waals surface area contributed by atoms with Gasteiger partial charge in [-0.15, -0.1) is 0 Å². The molecule has 1 heterocycles. The van der Waals surface area contributed by atoms with Crippen molar-refractivity contribution in [2.75, 3.05) is 39.6 Å². The largest absolute Gasteiger partial charge is 0.490 e. The molecule has 25 heavy (non-hydrogen) atoms. The molecule has 0 fully saturated rings. The second-order valence-corrected chi connectivity index (χ2v) is 6.38. The number of benzene rings is 1. The van der Waals surface area contributed by atoms with Crippen molar-refractivity contribution in [3.63, 3.8) is 0 Å². The number of hydrogen-bond acceptors (Lipinski definition) is 4. The number of nitrogens with zero attached hydrogens (tertiary/aromatic N) is 2. The Morgan fingerprint density at radius 3 is 2.68 bits per heavy atom. The van der Waals surface area contributed by atoms with Crippen LogP contribution >= 0.6 is 0 Å². The lowest BCUT2D eigenvalue weighted by Crippen LogP contribution is -2.33. The summed E-state index contributed by atoms with van der Waals surface area (Å²) in [5.41, 5.74) is 1.74. The van der Waals surface area contributed by atoms with Gasteiger partial charge < -0.3 is 24.3 Å². The molecule has 1 atom stereocenters. The molecule has 2 amide bonds. The van der Waals surface area contributed by atoms with E-state index < -0.39 is 0 Å². The van der Waals surface area contributed by atoms with Gasteiger partial charge in [0.25, 0.3) is 0 Å². The van der Waals surface area contributed by atoms with Gasteiger partial charge in [0.2, 0.25) is 0 Å². The van der Waals surface area contributed by atoms with Crippen molar-refractivity contribution in [2.24, 2.45) is 0 Å².